The zero-order valence-electron chi connectivity index (χ0n) is 11.5. The van der Waals surface area contributed by atoms with Crippen molar-refractivity contribution in [2.45, 2.75) is 13.0 Å². The summed E-state index contributed by atoms with van der Waals surface area (Å²) in [6.45, 7) is 2.00. The second-order valence-corrected chi connectivity index (χ2v) is 5.89. The minimum Gasteiger partial charge on any atom is -0.389 e. The fraction of sp³-hybridized carbons (Fsp3) is 0.188. The van der Waals surface area contributed by atoms with Crippen molar-refractivity contribution in [1.82, 2.24) is 0 Å². The number of carbonyl (C=O) groups is 1. The van der Waals surface area contributed by atoms with E-state index in [0.29, 0.717) is 0 Å². The summed E-state index contributed by atoms with van der Waals surface area (Å²) in [5.41, 5.74) is 3.51. The molecular weight excluding hydrogens is 332 g/mol. The number of rotatable bonds is 2. The van der Waals surface area contributed by atoms with Crippen LogP contribution in [0.1, 0.15) is 18.6 Å². The van der Waals surface area contributed by atoms with Crippen molar-refractivity contribution in [2.75, 3.05) is 16.8 Å². The van der Waals surface area contributed by atoms with Crippen LogP contribution in [0.5, 0.6) is 0 Å². The summed E-state index contributed by atoms with van der Waals surface area (Å²) in [5.74, 6) is -0.0376. The van der Waals surface area contributed by atoms with Gasteiger partial charge in [-0.25, -0.2) is 0 Å². The Balaban J connectivity index is 2.05. The lowest BCUT2D eigenvalue weighted by molar-refractivity contribution is -0.115. The van der Waals surface area contributed by atoms with Crippen molar-refractivity contribution >= 4 is 38.9 Å². The molecule has 5 heteroatoms. The highest BCUT2D eigenvalue weighted by Gasteiger charge is 2.23. The van der Waals surface area contributed by atoms with Gasteiger partial charge in [-0.2, -0.15) is 0 Å². The van der Waals surface area contributed by atoms with Gasteiger partial charge in [0.2, 0.25) is 5.91 Å². The van der Waals surface area contributed by atoms with Crippen molar-refractivity contribution in [1.29, 1.82) is 0 Å². The number of amides is 1. The Morgan fingerprint density at radius 2 is 2.05 bits per heavy atom. The summed E-state index contributed by atoms with van der Waals surface area (Å²) in [7, 11) is 0. The molecule has 1 atom stereocenters. The van der Waals surface area contributed by atoms with E-state index in [9.17, 15) is 9.90 Å². The summed E-state index contributed by atoms with van der Waals surface area (Å²) >= 11 is 3.48. The molecule has 1 amide bonds. The molecule has 0 aliphatic carbocycles. The maximum Gasteiger partial charge on any atom is 0.244 e. The smallest absolute Gasteiger partial charge is 0.244 e. The van der Waals surface area contributed by atoms with Crippen LogP contribution in [-0.4, -0.2) is 17.6 Å². The Labute approximate surface area is 131 Å². The molecule has 0 aromatic heterocycles. The highest BCUT2D eigenvalue weighted by Crippen LogP contribution is 2.37. The first-order valence-corrected chi connectivity index (χ1v) is 7.49. The minimum atomic E-state index is -0.537. The van der Waals surface area contributed by atoms with E-state index in [1.54, 1.807) is 6.92 Å². The Kier molecular flexibility index (Phi) is 3.69. The number of aliphatic hydroxyl groups is 1. The molecule has 0 bridgehead atoms. The van der Waals surface area contributed by atoms with Gasteiger partial charge in [0.05, 0.1) is 17.5 Å². The van der Waals surface area contributed by atoms with Crippen LogP contribution in [0.25, 0.3) is 0 Å². The zero-order valence-corrected chi connectivity index (χ0v) is 13.1. The molecular formula is C16H15BrN2O2. The molecule has 2 aromatic rings. The number of nitrogens with one attached hydrogen (secondary N) is 1. The van der Waals surface area contributed by atoms with E-state index in [-0.39, 0.29) is 12.5 Å². The third kappa shape index (κ3) is 2.66. The molecule has 0 saturated carbocycles. The lowest BCUT2D eigenvalue weighted by Crippen LogP contribution is -2.34. The van der Waals surface area contributed by atoms with Gasteiger partial charge in [-0.1, -0.05) is 34.1 Å². The Morgan fingerprint density at radius 3 is 2.76 bits per heavy atom. The molecule has 108 valence electrons. The van der Waals surface area contributed by atoms with Gasteiger partial charge in [0, 0.05) is 10.2 Å². The van der Waals surface area contributed by atoms with Crippen LogP contribution in [0.15, 0.2) is 46.9 Å². The summed E-state index contributed by atoms with van der Waals surface area (Å²) in [6, 6.07) is 13.4. The van der Waals surface area contributed by atoms with Crippen LogP contribution in [0.4, 0.5) is 17.1 Å². The summed E-state index contributed by atoms with van der Waals surface area (Å²) in [5, 5.41) is 12.6. The molecule has 1 aliphatic heterocycles. The fourth-order valence-electron chi connectivity index (χ4n) is 2.49. The monoisotopic (exact) mass is 346 g/mol. The molecule has 1 aliphatic rings. The zero-order chi connectivity index (χ0) is 15.0. The highest BCUT2D eigenvalue weighted by atomic mass is 79.9. The quantitative estimate of drug-likeness (QED) is 0.873. The van der Waals surface area contributed by atoms with Crippen molar-refractivity contribution in [2.24, 2.45) is 0 Å². The summed E-state index contributed by atoms with van der Waals surface area (Å²) < 4.78 is 0.832. The van der Waals surface area contributed by atoms with E-state index < -0.39 is 6.10 Å². The molecule has 21 heavy (non-hydrogen) atoms. The van der Waals surface area contributed by atoms with Gasteiger partial charge in [0.25, 0.3) is 0 Å². The molecule has 0 fully saturated rings. The number of para-hydroxylation sites is 2. The summed E-state index contributed by atoms with van der Waals surface area (Å²) in [4.78, 5) is 13.8. The number of aliphatic hydroxyl groups excluding tert-OH is 1. The van der Waals surface area contributed by atoms with Crippen LogP contribution in [-0.2, 0) is 4.79 Å². The van der Waals surface area contributed by atoms with E-state index in [2.05, 4.69) is 21.2 Å². The molecule has 4 nitrogen and oxygen atoms in total. The van der Waals surface area contributed by atoms with Gasteiger partial charge in [-0.15, -0.1) is 0 Å². The normalized spacial score (nSPS) is 15.4. The van der Waals surface area contributed by atoms with E-state index >= 15 is 0 Å². The average molecular weight is 347 g/mol. The number of benzene rings is 2. The standard InChI is InChI=1S/C16H15BrN2O2/c1-10(20)12-7-6-11(8-13(12)17)19-9-16(21)18-14-4-2-3-5-15(14)19/h2-8,10,20H,9H2,1H3,(H,18,21)/t10-/m0/s1. The van der Waals surface area contributed by atoms with Crippen LogP contribution in [0, 0.1) is 0 Å². The first-order valence-electron chi connectivity index (χ1n) is 6.70. The van der Waals surface area contributed by atoms with Gasteiger partial charge >= 0.3 is 0 Å². The van der Waals surface area contributed by atoms with Crippen LogP contribution in [0.3, 0.4) is 0 Å². The second-order valence-electron chi connectivity index (χ2n) is 5.03. The predicted octanol–water partition coefficient (Wildman–Crippen LogP) is 3.59. The maximum atomic E-state index is 11.9. The number of hydrogen-bond acceptors (Lipinski definition) is 3. The third-order valence-corrected chi connectivity index (χ3v) is 4.20. The lowest BCUT2D eigenvalue weighted by Gasteiger charge is -2.31. The molecule has 1 heterocycles. The van der Waals surface area contributed by atoms with E-state index in [1.165, 1.54) is 0 Å². The molecule has 0 spiro atoms. The Bertz CT molecular complexity index is 700. The second kappa shape index (κ2) is 5.50. The molecule has 2 N–H and O–H groups in total. The number of anilines is 3. The molecule has 0 radical (unpaired) electrons. The highest BCUT2D eigenvalue weighted by molar-refractivity contribution is 9.10. The Hall–Kier alpha value is -1.85. The van der Waals surface area contributed by atoms with Crippen molar-refractivity contribution < 1.29 is 9.90 Å². The molecule has 0 saturated heterocycles. The number of carbonyl (C=O) groups excluding carboxylic acids is 1. The first-order chi connectivity index (χ1) is 10.1. The lowest BCUT2D eigenvalue weighted by atomic mass is 10.1. The number of hydrogen-bond donors (Lipinski definition) is 2. The Morgan fingerprint density at radius 1 is 1.29 bits per heavy atom. The van der Waals surface area contributed by atoms with Crippen LogP contribution >= 0.6 is 15.9 Å². The largest absolute Gasteiger partial charge is 0.389 e. The van der Waals surface area contributed by atoms with Crippen molar-refractivity contribution in [3.8, 4) is 0 Å². The van der Waals surface area contributed by atoms with E-state index in [0.717, 1.165) is 27.1 Å². The minimum absolute atomic E-state index is 0.0376. The van der Waals surface area contributed by atoms with E-state index in [4.69, 9.17) is 0 Å². The van der Waals surface area contributed by atoms with Crippen LogP contribution < -0.4 is 10.2 Å². The van der Waals surface area contributed by atoms with Crippen molar-refractivity contribution in [3.63, 3.8) is 0 Å². The van der Waals surface area contributed by atoms with E-state index in [1.807, 2.05) is 47.4 Å². The van der Waals surface area contributed by atoms with Gasteiger partial charge in [-0.05, 0) is 36.8 Å². The van der Waals surface area contributed by atoms with Crippen LogP contribution in [0.2, 0.25) is 0 Å². The summed E-state index contributed by atoms with van der Waals surface area (Å²) in [6.07, 6.45) is -0.537. The van der Waals surface area contributed by atoms with Gasteiger partial charge < -0.3 is 15.3 Å². The van der Waals surface area contributed by atoms with Gasteiger partial charge in [-0.3, -0.25) is 4.79 Å². The topological polar surface area (TPSA) is 52.6 Å². The first kappa shape index (κ1) is 14.1. The number of fused-ring (bicyclic) bond motifs is 1. The number of nitrogens with zero attached hydrogens (tertiary/aromatic N) is 1. The molecule has 0 unspecified atom stereocenters. The average Bonchev–Trinajstić information content (AvgIpc) is 2.45. The SMILES string of the molecule is C[C@H](O)c1ccc(N2CC(=O)Nc3ccccc32)cc1Br. The fourth-order valence-corrected chi connectivity index (χ4v) is 3.18. The maximum absolute atomic E-state index is 11.9. The van der Waals surface area contributed by atoms with Crippen molar-refractivity contribution in [3.05, 3.63) is 52.5 Å². The molecule has 3 rings (SSSR count). The predicted molar refractivity (Wildman–Crippen MR) is 86.9 cm³/mol. The number of halogens is 1. The third-order valence-electron chi connectivity index (χ3n) is 3.52. The molecule has 2 aromatic carbocycles. The van der Waals surface area contributed by atoms with Gasteiger partial charge in [0.15, 0.2) is 0 Å². The van der Waals surface area contributed by atoms with Gasteiger partial charge in [0.1, 0.15) is 6.54 Å².